The number of aliphatic hydroxyl groups excluding tert-OH is 1. The van der Waals surface area contributed by atoms with E-state index in [2.05, 4.69) is 18.7 Å². The van der Waals surface area contributed by atoms with Crippen LogP contribution in [0.15, 0.2) is 0 Å². The highest BCUT2D eigenvalue weighted by molar-refractivity contribution is 5.66. The number of carboxylic acids is 1. The van der Waals surface area contributed by atoms with Gasteiger partial charge in [-0.2, -0.15) is 0 Å². The fourth-order valence-electron chi connectivity index (χ4n) is 1.29. The summed E-state index contributed by atoms with van der Waals surface area (Å²) in [5.41, 5.74) is 0. The SMILES string of the molecule is CC(C)N(CCCCO)CCC(=O)O. The second-order valence-electron chi connectivity index (χ2n) is 3.70. The van der Waals surface area contributed by atoms with Crippen molar-refractivity contribution < 1.29 is 15.0 Å². The van der Waals surface area contributed by atoms with Crippen LogP contribution in [0.1, 0.15) is 33.1 Å². The number of aliphatic hydroxyl groups is 1. The van der Waals surface area contributed by atoms with Gasteiger partial charge < -0.3 is 15.1 Å². The largest absolute Gasteiger partial charge is 0.481 e. The molecular formula is C10H21NO3. The van der Waals surface area contributed by atoms with Crippen molar-refractivity contribution >= 4 is 5.97 Å². The van der Waals surface area contributed by atoms with Crippen molar-refractivity contribution in [2.75, 3.05) is 19.7 Å². The van der Waals surface area contributed by atoms with Crippen LogP contribution in [0.3, 0.4) is 0 Å². The molecule has 0 atom stereocenters. The van der Waals surface area contributed by atoms with Crippen LogP contribution in [-0.2, 0) is 4.79 Å². The van der Waals surface area contributed by atoms with Gasteiger partial charge in [-0.15, -0.1) is 0 Å². The van der Waals surface area contributed by atoms with Crippen LogP contribution in [0.25, 0.3) is 0 Å². The lowest BCUT2D eigenvalue weighted by Crippen LogP contribution is -2.33. The second-order valence-corrected chi connectivity index (χ2v) is 3.70. The average Bonchev–Trinajstić information content (AvgIpc) is 2.10. The number of hydrogen-bond acceptors (Lipinski definition) is 3. The van der Waals surface area contributed by atoms with Crippen LogP contribution < -0.4 is 0 Å². The van der Waals surface area contributed by atoms with E-state index in [0.29, 0.717) is 12.6 Å². The maximum Gasteiger partial charge on any atom is 0.304 e. The molecule has 0 aliphatic rings. The maximum absolute atomic E-state index is 10.4. The van der Waals surface area contributed by atoms with Crippen molar-refractivity contribution in [2.24, 2.45) is 0 Å². The summed E-state index contributed by atoms with van der Waals surface area (Å²) in [5.74, 6) is -0.752. The highest BCUT2D eigenvalue weighted by atomic mass is 16.4. The average molecular weight is 203 g/mol. The summed E-state index contributed by atoms with van der Waals surface area (Å²) in [6.45, 7) is 5.79. The van der Waals surface area contributed by atoms with E-state index in [1.54, 1.807) is 0 Å². The van der Waals surface area contributed by atoms with E-state index in [1.807, 2.05) is 0 Å². The fourth-order valence-corrected chi connectivity index (χ4v) is 1.29. The van der Waals surface area contributed by atoms with Crippen molar-refractivity contribution in [3.8, 4) is 0 Å². The Hall–Kier alpha value is -0.610. The molecule has 0 saturated heterocycles. The molecule has 0 heterocycles. The normalized spacial score (nSPS) is 11.2. The summed E-state index contributed by atoms with van der Waals surface area (Å²) in [6.07, 6.45) is 1.90. The summed E-state index contributed by atoms with van der Waals surface area (Å²) in [6, 6.07) is 0.369. The Bertz CT molecular complexity index is 159. The van der Waals surface area contributed by atoms with Crippen molar-refractivity contribution in [3.05, 3.63) is 0 Å². The topological polar surface area (TPSA) is 60.8 Å². The molecular weight excluding hydrogens is 182 g/mol. The predicted molar refractivity (Wildman–Crippen MR) is 55.3 cm³/mol. The second kappa shape index (κ2) is 7.76. The quantitative estimate of drug-likeness (QED) is 0.576. The fraction of sp³-hybridized carbons (Fsp3) is 0.900. The van der Waals surface area contributed by atoms with Gasteiger partial charge in [0.05, 0.1) is 6.42 Å². The number of aliphatic carboxylic acids is 1. The van der Waals surface area contributed by atoms with E-state index in [9.17, 15) is 4.79 Å². The van der Waals surface area contributed by atoms with E-state index in [-0.39, 0.29) is 13.0 Å². The van der Waals surface area contributed by atoms with E-state index in [1.165, 1.54) is 0 Å². The molecule has 0 aromatic rings. The Morgan fingerprint density at radius 2 is 1.93 bits per heavy atom. The summed E-state index contributed by atoms with van der Waals surface area (Å²) in [5, 5.41) is 17.2. The Balaban J connectivity index is 3.72. The highest BCUT2D eigenvalue weighted by Gasteiger charge is 2.10. The maximum atomic E-state index is 10.4. The third-order valence-electron chi connectivity index (χ3n) is 2.20. The molecule has 14 heavy (non-hydrogen) atoms. The van der Waals surface area contributed by atoms with Crippen LogP contribution in [0.5, 0.6) is 0 Å². The summed E-state index contributed by atoms with van der Waals surface area (Å²) < 4.78 is 0. The molecule has 0 fully saturated rings. The van der Waals surface area contributed by atoms with Gasteiger partial charge in [-0.05, 0) is 33.2 Å². The molecule has 2 N–H and O–H groups in total. The van der Waals surface area contributed by atoms with Crippen molar-refractivity contribution in [3.63, 3.8) is 0 Å². The third-order valence-corrected chi connectivity index (χ3v) is 2.20. The number of nitrogens with zero attached hydrogens (tertiary/aromatic N) is 1. The minimum atomic E-state index is -0.752. The molecule has 0 aliphatic heterocycles. The molecule has 0 aromatic heterocycles. The molecule has 0 amide bonds. The highest BCUT2D eigenvalue weighted by Crippen LogP contribution is 2.02. The summed E-state index contributed by atoms with van der Waals surface area (Å²) >= 11 is 0. The molecule has 0 saturated carbocycles. The van der Waals surface area contributed by atoms with Gasteiger partial charge in [0, 0.05) is 19.2 Å². The Morgan fingerprint density at radius 3 is 2.36 bits per heavy atom. The zero-order valence-corrected chi connectivity index (χ0v) is 9.07. The Morgan fingerprint density at radius 1 is 1.29 bits per heavy atom. The summed E-state index contributed by atoms with van der Waals surface area (Å²) in [4.78, 5) is 12.5. The molecule has 4 heteroatoms. The van der Waals surface area contributed by atoms with Gasteiger partial charge in [-0.25, -0.2) is 0 Å². The third kappa shape index (κ3) is 6.86. The van der Waals surface area contributed by atoms with Crippen LogP contribution >= 0.6 is 0 Å². The van der Waals surface area contributed by atoms with Crippen molar-refractivity contribution in [2.45, 2.75) is 39.2 Å². The lowest BCUT2D eigenvalue weighted by molar-refractivity contribution is -0.137. The predicted octanol–water partition coefficient (Wildman–Crippen LogP) is 0.944. The Kier molecular flexibility index (Phi) is 7.42. The van der Waals surface area contributed by atoms with Crippen LogP contribution in [0, 0.1) is 0 Å². The summed E-state index contributed by atoms with van der Waals surface area (Å²) in [7, 11) is 0. The van der Waals surface area contributed by atoms with Crippen LogP contribution in [0.2, 0.25) is 0 Å². The first-order chi connectivity index (χ1) is 6.57. The number of unbranched alkanes of at least 4 members (excludes halogenated alkanes) is 1. The van der Waals surface area contributed by atoms with Gasteiger partial charge in [0.25, 0.3) is 0 Å². The molecule has 0 bridgehead atoms. The lowest BCUT2D eigenvalue weighted by Gasteiger charge is -2.25. The van der Waals surface area contributed by atoms with E-state index in [4.69, 9.17) is 10.2 Å². The van der Waals surface area contributed by atoms with Gasteiger partial charge >= 0.3 is 5.97 Å². The van der Waals surface area contributed by atoms with Gasteiger partial charge in [-0.3, -0.25) is 4.79 Å². The molecule has 0 aliphatic carbocycles. The van der Waals surface area contributed by atoms with Gasteiger partial charge in [0.15, 0.2) is 0 Å². The van der Waals surface area contributed by atoms with Crippen molar-refractivity contribution in [1.29, 1.82) is 0 Å². The minimum Gasteiger partial charge on any atom is -0.481 e. The Labute approximate surface area is 85.5 Å². The van der Waals surface area contributed by atoms with Crippen molar-refractivity contribution in [1.82, 2.24) is 4.90 Å². The zero-order valence-electron chi connectivity index (χ0n) is 9.07. The molecule has 84 valence electrons. The van der Waals surface area contributed by atoms with E-state index >= 15 is 0 Å². The van der Waals surface area contributed by atoms with Crippen LogP contribution in [-0.4, -0.2) is 46.8 Å². The molecule has 0 radical (unpaired) electrons. The molecule has 0 spiro atoms. The van der Waals surface area contributed by atoms with Gasteiger partial charge in [0.1, 0.15) is 0 Å². The van der Waals surface area contributed by atoms with E-state index in [0.717, 1.165) is 19.4 Å². The van der Waals surface area contributed by atoms with E-state index < -0.39 is 5.97 Å². The molecule has 0 aromatic carbocycles. The number of carboxylic acid groups (broad SMARTS) is 1. The standard InChI is InChI=1S/C10H21NO3/c1-9(2)11(6-3-4-8-12)7-5-10(13)14/h9,12H,3-8H2,1-2H3,(H,13,14). The minimum absolute atomic E-state index is 0.192. The number of carbonyl (C=O) groups is 1. The lowest BCUT2D eigenvalue weighted by atomic mass is 10.2. The van der Waals surface area contributed by atoms with Crippen LogP contribution in [0.4, 0.5) is 0 Å². The van der Waals surface area contributed by atoms with Gasteiger partial charge in [0.2, 0.25) is 0 Å². The molecule has 0 rings (SSSR count). The number of hydrogen-bond donors (Lipinski definition) is 2. The first-order valence-corrected chi connectivity index (χ1v) is 5.14. The molecule has 4 nitrogen and oxygen atoms in total. The number of rotatable bonds is 8. The zero-order chi connectivity index (χ0) is 11.0. The first-order valence-electron chi connectivity index (χ1n) is 5.14. The smallest absolute Gasteiger partial charge is 0.304 e. The van der Waals surface area contributed by atoms with Gasteiger partial charge in [-0.1, -0.05) is 0 Å². The first kappa shape index (κ1) is 13.4. The monoisotopic (exact) mass is 203 g/mol. The molecule has 0 unspecified atom stereocenters.